The van der Waals surface area contributed by atoms with Crippen molar-refractivity contribution in [2.24, 2.45) is 7.05 Å². The van der Waals surface area contributed by atoms with E-state index >= 15 is 0 Å². The number of nitrogens with zero attached hydrogens (tertiary/aromatic N) is 3. The van der Waals surface area contributed by atoms with Crippen molar-refractivity contribution in [3.05, 3.63) is 65.2 Å². The Kier molecular flexibility index (Phi) is 5.17. The topological polar surface area (TPSA) is 69.3 Å². The van der Waals surface area contributed by atoms with E-state index < -0.39 is 5.97 Å². The molecule has 0 spiro atoms. The second-order valence-corrected chi connectivity index (χ2v) is 8.49. The number of carboxylic acid groups (broad SMARTS) is 1. The molecule has 33 heavy (non-hydrogen) atoms. The van der Waals surface area contributed by atoms with Gasteiger partial charge in [0.25, 0.3) is 0 Å². The summed E-state index contributed by atoms with van der Waals surface area (Å²) in [6, 6.07) is 16.6. The van der Waals surface area contributed by atoms with Gasteiger partial charge < -0.3 is 19.0 Å². The average molecular weight is 442 g/mol. The molecular weight excluding hydrogens is 414 g/mol. The third-order valence-electron chi connectivity index (χ3n) is 6.66. The molecule has 0 unspecified atom stereocenters. The molecule has 5 rings (SSSR count). The fourth-order valence-corrected chi connectivity index (χ4v) is 4.81. The normalized spacial score (nSPS) is 11.8. The Balaban J connectivity index is 1.78. The van der Waals surface area contributed by atoms with Crippen LogP contribution in [0.15, 0.2) is 48.5 Å². The van der Waals surface area contributed by atoms with E-state index in [9.17, 15) is 9.90 Å². The van der Waals surface area contributed by atoms with E-state index in [1.54, 1.807) is 13.2 Å². The van der Waals surface area contributed by atoms with Crippen LogP contribution < -0.4 is 0 Å². The lowest BCUT2D eigenvalue weighted by Crippen LogP contribution is -2.06. The zero-order chi connectivity index (χ0) is 23.3. The number of imidazole rings is 1. The van der Waals surface area contributed by atoms with Crippen LogP contribution in [0.1, 0.15) is 28.4 Å². The number of aromatic nitrogens is 3. The lowest BCUT2D eigenvalue weighted by Gasteiger charge is -2.10. The lowest BCUT2D eigenvalue weighted by molar-refractivity contribution is 0.0696. The van der Waals surface area contributed by atoms with E-state index in [1.165, 1.54) is 27.4 Å². The summed E-state index contributed by atoms with van der Waals surface area (Å²) in [5.41, 5.74) is 7.27. The smallest absolute Gasteiger partial charge is 0.336 e. The molecule has 0 bridgehead atoms. The van der Waals surface area contributed by atoms with Crippen LogP contribution in [-0.4, -0.2) is 38.9 Å². The molecule has 6 heteroatoms. The van der Waals surface area contributed by atoms with E-state index in [0.717, 1.165) is 23.3 Å². The predicted octanol–water partition coefficient (Wildman–Crippen LogP) is 5.56. The van der Waals surface area contributed by atoms with Crippen molar-refractivity contribution in [3.63, 3.8) is 0 Å². The first-order valence-electron chi connectivity index (χ1n) is 11.2. The van der Waals surface area contributed by atoms with Gasteiger partial charge in [0, 0.05) is 48.1 Å². The maximum absolute atomic E-state index is 11.7. The Hall–Kier alpha value is -3.64. The molecule has 0 aliphatic rings. The quantitative estimate of drug-likeness (QED) is 0.374. The number of ether oxygens (including phenoxy) is 1. The molecule has 0 radical (unpaired) electrons. The van der Waals surface area contributed by atoms with Gasteiger partial charge in [-0.05, 0) is 66.9 Å². The van der Waals surface area contributed by atoms with E-state index in [4.69, 9.17) is 9.72 Å². The van der Waals surface area contributed by atoms with Gasteiger partial charge in [-0.25, -0.2) is 9.78 Å². The number of benzene rings is 3. The van der Waals surface area contributed by atoms with Crippen LogP contribution in [0.25, 0.3) is 44.2 Å². The van der Waals surface area contributed by atoms with Crippen LogP contribution in [0.3, 0.4) is 0 Å². The minimum Gasteiger partial charge on any atom is -0.478 e. The number of rotatable bonds is 6. The van der Waals surface area contributed by atoms with E-state index in [1.807, 2.05) is 13.0 Å². The number of methoxy groups -OCH3 is 1. The Labute approximate surface area is 192 Å². The summed E-state index contributed by atoms with van der Waals surface area (Å²) >= 11 is 0. The molecule has 2 heterocycles. The van der Waals surface area contributed by atoms with Crippen LogP contribution in [0, 0.1) is 6.92 Å². The van der Waals surface area contributed by atoms with Crippen LogP contribution in [-0.2, 0) is 24.8 Å². The standard InChI is InChI=1S/C27H27N3O3/c1-5-17-6-9-22-20(14-17)21-15-18(7-10-23(21)29(22)3)26-28-25-16(2)19(27(31)32)8-11-24(25)30(26)12-13-33-4/h6-11,14-15H,5,12-13H2,1-4H3,(H,31,32). The van der Waals surface area contributed by atoms with Gasteiger partial charge in [0.05, 0.1) is 23.2 Å². The molecule has 0 saturated heterocycles. The highest BCUT2D eigenvalue weighted by atomic mass is 16.5. The fraction of sp³-hybridized carbons (Fsp3) is 0.259. The van der Waals surface area contributed by atoms with Crippen molar-refractivity contribution in [1.29, 1.82) is 0 Å². The number of hydrogen-bond donors (Lipinski definition) is 1. The van der Waals surface area contributed by atoms with Crippen molar-refractivity contribution in [2.45, 2.75) is 26.8 Å². The van der Waals surface area contributed by atoms with Gasteiger partial charge in [-0.15, -0.1) is 0 Å². The summed E-state index contributed by atoms with van der Waals surface area (Å²) < 4.78 is 9.71. The summed E-state index contributed by atoms with van der Waals surface area (Å²) in [5, 5.41) is 12.0. The second-order valence-electron chi connectivity index (χ2n) is 8.49. The summed E-state index contributed by atoms with van der Waals surface area (Å²) in [4.78, 5) is 16.6. The fourth-order valence-electron chi connectivity index (χ4n) is 4.81. The van der Waals surface area contributed by atoms with Crippen LogP contribution in [0.5, 0.6) is 0 Å². The molecule has 1 N–H and O–H groups in total. The van der Waals surface area contributed by atoms with Gasteiger partial charge in [-0.1, -0.05) is 13.0 Å². The minimum absolute atomic E-state index is 0.280. The molecule has 0 fully saturated rings. The van der Waals surface area contributed by atoms with Gasteiger partial charge >= 0.3 is 5.97 Å². The number of hydrogen-bond acceptors (Lipinski definition) is 3. The molecule has 5 aromatic rings. The first kappa shape index (κ1) is 21.2. The number of carboxylic acids is 1. The Morgan fingerprint density at radius 1 is 1.03 bits per heavy atom. The average Bonchev–Trinajstić information content (AvgIpc) is 3.33. The van der Waals surface area contributed by atoms with Crippen molar-refractivity contribution in [2.75, 3.05) is 13.7 Å². The predicted molar refractivity (Wildman–Crippen MR) is 132 cm³/mol. The summed E-state index contributed by atoms with van der Waals surface area (Å²) in [6.45, 7) is 5.16. The maximum atomic E-state index is 11.7. The van der Waals surface area contributed by atoms with Crippen LogP contribution in [0.4, 0.5) is 0 Å². The van der Waals surface area contributed by atoms with Crippen LogP contribution >= 0.6 is 0 Å². The molecule has 0 aliphatic heterocycles. The highest BCUT2D eigenvalue weighted by Gasteiger charge is 2.19. The van der Waals surface area contributed by atoms with E-state index in [0.29, 0.717) is 24.2 Å². The second kappa shape index (κ2) is 8.05. The van der Waals surface area contributed by atoms with Gasteiger partial charge in [-0.3, -0.25) is 0 Å². The molecule has 0 amide bonds. The zero-order valence-corrected chi connectivity index (χ0v) is 19.3. The van der Waals surface area contributed by atoms with Crippen molar-refractivity contribution in [3.8, 4) is 11.4 Å². The van der Waals surface area contributed by atoms with Gasteiger partial charge in [0.15, 0.2) is 0 Å². The summed E-state index contributed by atoms with van der Waals surface area (Å²) in [6.07, 6.45) is 0.990. The molecule has 3 aromatic carbocycles. The molecule has 0 atom stereocenters. The summed E-state index contributed by atoms with van der Waals surface area (Å²) in [5.74, 6) is -0.121. The molecule has 6 nitrogen and oxygen atoms in total. The molecule has 2 aromatic heterocycles. The highest BCUT2D eigenvalue weighted by Crippen LogP contribution is 2.34. The zero-order valence-electron chi connectivity index (χ0n) is 19.3. The van der Waals surface area contributed by atoms with Gasteiger partial charge in [0.2, 0.25) is 0 Å². The van der Waals surface area contributed by atoms with Crippen LogP contribution in [0.2, 0.25) is 0 Å². The third-order valence-corrected chi connectivity index (χ3v) is 6.66. The third kappa shape index (κ3) is 3.29. The molecular formula is C27H27N3O3. The monoisotopic (exact) mass is 441 g/mol. The molecule has 0 saturated carbocycles. The minimum atomic E-state index is -0.939. The number of fused-ring (bicyclic) bond motifs is 4. The Morgan fingerprint density at radius 3 is 2.42 bits per heavy atom. The Bertz CT molecular complexity index is 1540. The Morgan fingerprint density at radius 2 is 1.73 bits per heavy atom. The van der Waals surface area contributed by atoms with E-state index in [2.05, 4.69) is 59.5 Å². The lowest BCUT2D eigenvalue weighted by atomic mass is 10.1. The number of aromatic carboxylic acids is 1. The molecule has 0 aliphatic carbocycles. The SMILES string of the molecule is CCc1ccc2c(c1)c1cc(-c3nc4c(C)c(C(=O)O)ccc4n3CCOC)ccc1n2C. The summed E-state index contributed by atoms with van der Waals surface area (Å²) in [7, 11) is 3.78. The number of carbonyl (C=O) groups is 1. The first-order valence-corrected chi connectivity index (χ1v) is 11.2. The maximum Gasteiger partial charge on any atom is 0.336 e. The van der Waals surface area contributed by atoms with E-state index in [-0.39, 0.29) is 5.56 Å². The van der Waals surface area contributed by atoms with Gasteiger partial charge in [-0.2, -0.15) is 0 Å². The highest BCUT2D eigenvalue weighted by molar-refractivity contribution is 6.09. The first-order chi connectivity index (χ1) is 15.9. The van der Waals surface area contributed by atoms with Gasteiger partial charge in [0.1, 0.15) is 5.82 Å². The number of aryl methyl sites for hydroxylation is 3. The van der Waals surface area contributed by atoms with Crippen molar-refractivity contribution in [1.82, 2.24) is 14.1 Å². The van der Waals surface area contributed by atoms with Crippen molar-refractivity contribution < 1.29 is 14.6 Å². The molecule has 168 valence electrons. The largest absolute Gasteiger partial charge is 0.478 e. The van der Waals surface area contributed by atoms with Crippen molar-refractivity contribution >= 4 is 38.8 Å².